The van der Waals surface area contributed by atoms with Gasteiger partial charge in [0.15, 0.2) is 5.13 Å². The van der Waals surface area contributed by atoms with Crippen LogP contribution in [-0.4, -0.2) is 22.8 Å². The fourth-order valence-electron chi connectivity index (χ4n) is 2.35. The molecule has 1 heterocycles. The molecule has 5 nitrogen and oxygen atoms in total. The number of benzene rings is 1. The number of carbonyl (C=O) groups excluding carboxylic acids is 2. The highest BCUT2D eigenvalue weighted by Gasteiger charge is 2.12. The van der Waals surface area contributed by atoms with Crippen molar-refractivity contribution < 1.29 is 9.59 Å². The summed E-state index contributed by atoms with van der Waals surface area (Å²) in [6, 6.07) is 8.11. The first-order valence-corrected chi connectivity index (χ1v) is 8.86. The molecule has 0 bridgehead atoms. The Kier molecular flexibility index (Phi) is 6.09. The Labute approximate surface area is 146 Å². The molecule has 0 aliphatic heterocycles. The molecule has 0 saturated heterocycles. The lowest BCUT2D eigenvalue weighted by atomic mass is 10.0. The number of carbonyl (C=O) groups is 2. The first-order chi connectivity index (χ1) is 11.3. The lowest BCUT2D eigenvalue weighted by Gasteiger charge is -2.11. The molecule has 1 aromatic carbocycles. The number of hydrogen-bond acceptors (Lipinski definition) is 4. The van der Waals surface area contributed by atoms with Crippen molar-refractivity contribution in [2.45, 2.75) is 46.1 Å². The first kappa shape index (κ1) is 18.1. The van der Waals surface area contributed by atoms with Gasteiger partial charge in [-0.25, -0.2) is 4.98 Å². The van der Waals surface area contributed by atoms with Crippen molar-refractivity contribution in [2.24, 2.45) is 0 Å². The Morgan fingerprint density at radius 1 is 1.17 bits per heavy atom. The van der Waals surface area contributed by atoms with Crippen LogP contribution >= 0.6 is 11.3 Å². The molecule has 2 N–H and O–H groups in total. The van der Waals surface area contributed by atoms with Gasteiger partial charge in [-0.1, -0.05) is 38.1 Å². The third-order valence-corrected chi connectivity index (χ3v) is 4.32. The Morgan fingerprint density at radius 2 is 1.83 bits per heavy atom. The number of nitrogens with zero attached hydrogens (tertiary/aromatic N) is 1. The molecule has 0 aliphatic rings. The topological polar surface area (TPSA) is 71.1 Å². The second-order valence-corrected chi connectivity index (χ2v) is 7.03. The molecular formula is C18H23N3O2S. The molecule has 2 rings (SSSR count). The van der Waals surface area contributed by atoms with E-state index in [1.165, 1.54) is 23.8 Å². The zero-order chi connectivity index (χ0) is 17.7. The van der Waals surface area contributed by atoms with E-state index in [4.69, 9.17) is 0 Å². The highest BCUT2D eigenvalue weighted by Crippen LogP contribution is 2.26. The van der Waals surface area contributed by atoms with Gasteiger partial charge in [0.05, 0.1) is 5.69 Å². The number of thiazole rings is 1. The summed E-state index contributed by atoms with van der Waals surface area (Å²) in [5, 5.41) is 7.97. The largest absolute Gasteiger partial charge is 0.353 e. The van der Waals surface area contributed by atoms with E-state index in [9.17, 15) is 9.59 Å². The molecule has 0 saturated carbocycles. The van der Waals surface area contributed by atoms with Crippen molar-refractivity contribution in [2.75, 3.05) is 5.32 Å². The molecule has 0 fully saturated rings. The van der Waals surface area contributed by atoms with Crippen LogP contribution in [0, 0.1) is 0 Å². The van der Waals surface area contributed by atoms with Crippen LogP contribution < -0.4 is 10.6 Å². The minimum absolute atomic E-state index is 0.142. The van der Waals surface area contributed by atoms with Crippen molar-refractivity contribution in [1.29, 1.82) is 0 Å². The lowest BCUT2D eigenvalue weighted by molar-refractivity contribution is -0.120. The monoisotopic (exact) mass is 345 g/mol. The third kappa shape index (κ3) is 5.16. The molecular weight excluding hydrogens is 322 g/mol. The number of hydrogen-bond donors (Lipinski definition) is 2. The standard InChI is InChI=1S/C18H23N3O2S/c1-11(2)14-5-7-15(8-6-14)16-10-24-18(20-16)21-17(23)9-12(3)19-13(4)22/h5-8,10-12H,9H2,1-4H3,(H,19,22)(H,20,21,23). The van der Waals surface area contributed by atoms with Crippen molar-refractivity contribution in [3.63, 3.8) is 0 Å². The summed E-state index contributed by atoms with van der Waals surface area (Å²) in [6.45, 7) is 7.55. The second-order valence-electron chi connectivity index (χ2n) is 6.17. The lowest BCUT2D eigenvalue weighted by Crippen LogP contribution is -2.33. The van der Waals surface area contributed by atoms with Crippen LogP contribution in [0.1, 0.15) is 45.6 Å². The van der Waals surface area contributed by atoms with Crippen LogP contribution in [-0.2, 0) is 9.59 Å². The fraction of sp³-hybridized carbons (Fsp3) is 0.389. The summed E-state index contributed by atoms with van der Waals surface area (Å²) < 4.78 is 0. The highest BCUT2D eigenvalue weighted by atomic mass is 32.1. The van der Waals surface area contributed by atoms with Crippen LogP contribution in [0.15, 0.2) is 29.6 Å². The maximum atomic E-state index is 12.0. The van der Waals surface area contributed by atoms with Gasteiger partial charge >= 0.3 is 0 Å². The number of nitrogens with one attached hydrogen (secondary N) is 2. The average Bonchev–Trinajstić information content (AvgIpc) is 2.94. The molecule has 128 valence electrons. The molecule has 6 heteroatoms. The van der Waals surface area contributed by atoms with Gasteiger partial charge in [0.25, 0.3) is 0 Å². The summed E-state index contributed by atoms with van der Waals surface area (Å²) in [6.07, 6.45) is 0.220. The minimum atomic E-state index is -0.203. The third-order valence-electron chi connectivity index (χ3n) is 3.56. The normalized spacial score (nSPS) is 12.0. The first-order valence-electron chi connectivity index (χ1n) is 7.98. The predicted octanol–water partition coefficient (Wildman–Crippen LogP) is 3.79. The maximum absolute atomic E-state index is 12.0. The van der Waals surface area contributed by atoms with Crippen LogP contribution in [0.3, 0.4) is 0 Å². The molecule has 24 heavy (non-hydrogen) atoms. The van der Waals surface area contributed by atoms with E-state index in [-0.39, 0.29) is 24.3 Å². The summed E-state index contributed by atoms with van der Waals surface area (Å²) in [5.74, 6) is 0.193. The molecule has 2 aromatic rings. The van der Waals surface area contributed by atoms with E-state index in [0.29, 0.717) is 11.0 Å². The van der Waals surface area contributed by atoms with Gasteiger partial charge in [-0.05, 0) is 18.4 Å². The van der Waals surface area contributed by atoms with Crippen LogP contribution in [0.2, 0.25) is 0 Å². The number of rotatable bonds is 6. The Morgan fingerprint density at radius 3 is 2.42 bits per heavy atom. The van der Waals surface area contributed by atoms with Crippen LogP contribution in [0.4, 0.5) is 5.13 Å². The van der Waals surface area contributed by atoms with Crippen molar-refractivity contribution in [1.82, 2.24) is 10.3 Å². The van der Waals surface area contributed by atoms with E-state index < -0.39 is 0 Å². The Bertz CT molecular complexity index is 707. The van der Waals surface area contributed by atoms with Gasteiger partial charge < -0.3 is 10.6 Å². The second kappa shape index (κ2) is 8.06. The highest BCUT2D eigenvalue weighted by molar-refractivity contribution is 7.14. The van der Waals surface area contributed by atoms with Gasteiger partial charge in [-0.2, -0.15) is 0 Å². The zero-order valence-electron chi connectivity index (χ0n) is 14.4. The quantitative estimate of drug-likeness (QED) is 0.837. The molecule has 1 unspecified atom stereocenters. The van der Waals surface area contributed by atoms with E-state index >= 15 is 0 Å². The van der Waals surface area contributed by atoms with E-state index in [1.807, 2.05) is 5.38 Å². The summed E-state index contributed by atoms with van der Waals surface area (Å²) in [7, 11) is 0. The van der Waals surface area contributed by atoms with Gasteiger partial charge in [0.1, 0.15) is 0 Å². The van der Waals surface area contributed by atoms with Crippen molar-refractivity contribution in [3.8, 4) is 11.3 Å². The SMILES string of the molecule is CC(=O)NC(C)CC(=O)Nc1nc(-c2ccc(C(C)C)cc2)cs1. The molecule has 0 spiro atoms. The van der Waals surface area contributed by atoms with Gasteiger partial charge in [-0.3, -0.25) is 9.59 Å². The van der Waals surface area contributed by atoms with E-state index in [1.54, 1.807) is 6.92 Å². The molecule has 1 atom stereocenters. The zero-order valence-corrected chi connectivity index (χ0v) is 15.2. The van der Waals surface area contributed by atoms with Gasteiger partial charge in [0, 0.05) is 30.3 Å². The minimum Gasteiger partial charge on any atom is -0.353 e. The van der Waals surface area contributed by atoms with Crippen molar-refractivity contribution >= 4 is 28.3 Å². The van der Waals surface area contributed by atoms with E-state index in [0.717, 1.165) is 11.3 Å². The van der Waals surface area contributed by atoms with Gasteiger partial charge in [0.2, 0.25) is 11.8 Å². The molecule has 0 aliphatic carbocycles. The Hall–Kier alpha value is -2.21. The Balaban J connectivity index is 1.97. The van der Waals surface area contributed by atoms with Gasteiger partial charge in [-0.15, -0.1) is 11.3 Å². The number of anilines is 1. The smallest absolute Gasteiger partial charge is 0.228 e. The number of amides is 2. The summed E-state index contributed by atoms with van der Waals surface area (Å²) in [4.78, 5) is 27.4. The molecule has 2 amide bonds. The summed E-state index contributed by atoms with van der Waals surface area (Å²) in [5.41, 5.74) is 3.16. The fourth-order valence-corrected chi connectivity index (χ4v) is 3.08. The molecule has 1 aromatic heterocycles. The van der Waals surface area contributed by atoms with Crippen LogP contribution in [0.5, 0.6) is 0 Å². The summed E-state index contributed by atoms with van der Waals surface area (Å²) >= 11 is 1.39. The number of aromatic nitrogens is 1. The van der Waals surface area contributed by atoms with Crippen molar-refractivity contribution in [3.05, 3.63) is 35.2 Å². The van der Waals surface area contributed by atoms with E-state index in [2.05, 4.69) is 53.7 Å². The average molecular weight is 345 g/mol. The maximum Gasteiger partial charge on any atom is 0.228 e. The predicted molar refractivity (Wildman–Crippen MR) is 98.2 cm³/mol. The van der Waals surface area contributed by atoms with Crippen LogP contribution in [0.25, 0.3) is 11.3 Å². The molecule has 0 radical (unpaired) electrons.